The lowest BCUT2D eigenvalue weighted by Crippen LogP contribution is -2.22. The van der Waals surface area contributed by atoms with Crippen molar-refractivity contribution in [3.63, 3.8) is 0 Å². The van der Waals surface area contributed by atoms with Crippen LogP contribution >= 0.6 is 27.7 Å². The number of ketones is 1. The van der Waals surface area contributed by atoms with Gasteiger partial charge in [-0.15, -0.1) is 11.8 Å². The van der Waals surface area contributed by atoms with Crippen molar-refractivity contribution in [3.8, 4) is 0 Å². The molecule has 0 atom stereocenters. The summed E-state index contributed by atoms with van der Waals surface area (Å²) in [5.74, 6) is -1.15. The lowest BCUT2D eigenvalue weighted by molar-refractivity contribution is -0.171. The average molecular weight is 327 g/mol. The fourth-order valence-corrected chi connectivity index (χ4v) is 2.58. The van der Waals surface area contributed by atoms with Gasteiger partial charge in [0.2, 0.25) is 5.78 Å². The topological polar surface area (TPSA) is 17.1 Å². The minimum atomic E-state index is -4.69. The summed E-state index contributed by atoms with van der Waals surface area (Å²) in [6.45, 7) is 0. The van der Waals surface area contributed by atoms with E-state index in [1.165, 1.54) is 11.8 Å². The van der Waals surface area contributed by atoms with Crippen LogP contribution in [0.1, 0.15) is 12.8 Å². The van der Waals surface area contributed by atoms with Crippen LogP contribution in [-0.4, -0.2) is 17.7 Å². The molecule has 94 valence electrons. The molecule has 0 fully saturated rings. The van der Waals surface area contributed by atoms with Crippen LogP contribution in [-0.2, 0) is 4.79 Å². The van der Waals surface area contributed by atoms with E-state index in [9.17, 15) is 18.0 Å². The Bertz CT molecular complexity index is 393. The predicted octanol–water partition coefficient (Wildman–Crippen LogP) is 4.45. The minimum absolute atomic E-state index is 0.232. The third-order valence-electron chi connectivity index (χ3n) is 1.93. The second kappa shape index (κ2) is 6.44. The molecule has 1 aromatic rings. The summed E-state index contributed by atoms with van der Waals surface area (Å²) >= 11 is 4.74. The Hall–Kier alpha value is -0.490. The minimum Gasteiger partial charge on any atom is -0.290 e. The Labute approximate surface area is 110 Å². The molecule has 0 aliphatic carbocycles. The van der Waals surface area contributed by atoms with Crippen LogP contribution < -0.4 is 0 Å². The van der Waals surface area contributed by atoms with Crippen LogP contribution in [0.4, 0.5) is 13.2 Å². The molecule has 0 heterocycles. The van der Waals surface area contributed by atoms with Crippen molar-refractivity contribution in [1.82, 2.24) is 0 Å². The number of carbonyl (C=O) groups excluding carboxylic acids is 1. The highest BCUT2D eigenvalue weighted by Crippen LogP contribution is 2.24. The molecule has 1 aromatic carbocycles. The SMILES string of the molecule is O=C(CCCSc1cccc(Br)c1)C(F)(F)F. The number of alkyl halides is 3. The monoisotopic (exact) mass is 326 g/mol. The zero-order chi connectivity index (χ0) is 12.9. The van der Waals surface area contributed by atoms with Crippen LogP contribution in [0.25, 0.3) is 0 Å². The molecule has 1 rings (SSSR count). The lowest BCUT2D eigenvalue weighted by atomic mass is 10.2. The lowest BCUT2D eigenvalue weighted by Gasteiger charge is -2.05. The van der Waals surface area contributed by atoms with Crippen molar-refractivity contribution in [2.24, 2.45) is 0 Å². The van der Waals surface area contributed by atoms with Crippen molar-refractivity contribution in [2.45, 2.75) is 23.9 Å². The molecular formula is C11H10BrF3OS. The zero-order valence-electron chi connectivity index (χ0n) is 8.76. The largest absolute Gasteiger partial charge is 0.449 e. The highest BCUT2D eigenvalue weighted by Gasteiger charge is 2.37. The molecule has 0 saturated heterocycles. The zero-order valence-corrected chi connectivity index (χ0v) is 11.2. The summed E-state index contributed by atoms with van der Waals surface area (Å²) in [4.78, 5) is 11.6. The van der Waals surface area contributed by atoms with Crippen LogP contribution in [0.2, 0.25) is 0 Å². The number of Topliss-reactive ketones (excluding diaryl/α,β-unsaturated/α-hetero) is 1. The second-order valence-electron chi connectivity index (χ2n) is 3.33. The van der Waals surface area contributed by atoms with E-state index in [1.807, 2.05) is 24.3 Å². The molecule has 0 aliphatic rings. The maximum Gasteiger partial charge on any atom is 0.449 e. The van der Waals surface area contributed by atoms with Gasteiger partial charge in [-0.05, 0) is 30.4 Å². The fourth-order valence-electron chi connectivity index (χ4n) is 1.12. The quantitative estimate of drug-likeness (QED) is 0.587. The number of hydrogen-bond donors (Lipinski definition) is 0. The molecule has 0 amide bonds. The first-order valence-corrected chi connectivity index (χ1v) is 6.66. The van der Waals surface area contributed by atoms with Gasteiger partial charge in [0, 0.05) is 15.8 Å². The van der Waals surface area contributed by atoms with Crippen molar-refractivity contribution in [1.29, 1.82) is 0 Å². The third-order valence-corrected chi connectivity index (χ3v) is 3.50. The van der Waals surface area contributed by atoms with Gasteiger partial charge in [0.25, 0.3) is 0 Å². The van der Waals surface area contributed by atoms with Gasteiger partial charge in [0.15, 0.2) is 0 Å². The molecular weight excluding hydrogens is 317 g/mol. The summed E-state index contributed by atoms with van der Waals surface area (Å²) in [6, 6.07) is 7.49. The number of carbonyl (C=O) groups is 1. The molecule has 0 bridgehead atoms. The summed E-state index contributed by atoms with van der Waals surface area (Å²) in [6.07, 6.45) is -4.90. The standard InChI is InChI=1S/C11H10BrF3OS/c12-8-3-1-4-9(7-8)17-6-2-5-10(16)11(13,14)15/h1,3-4,7H,2,5-6H2. The second-order valence-corrected chi connectivity index (χ2v) is 5.41. The van der Waals surface area contributed by atoms with E-state index in [0.717, 1.165) is 9.37 Å². The first kappa shape index (κ1) is 14.6. The predicted molar refractivity (Wildman–Crippen MR) is 65.2 cm³/mol. The Morgan fingerprint density at radius 1 is 1.35 bits per heavy atom. The first-order valence-electron chi connectivity index (χ1n) is 4.88. The number of rotatable bonds is 5. The highest BCUT2D eigenvalue weighted by atomic mass is 79.9. The maximum atomic E-state index is 11.9. The van der Waals surface area contributed by atoms with Crippen LogP contribution in [0.5, 0.6) is 0 Å². The van der Waals surface area contributed by atoms with Gasteiger partial charge in [0.1, 0.15) is 0 Å². The molecule has 17 heavy (non-hydrogen) atoms. The van der Waals surface area contributed by atoms with Crippen molar-refractivity contribution in [2.75, 3.05) is 5.75 Å². The highest BCUT2D eigenvalue weighted by molar-refractivity contribution is 9.10. The van der Waals surface area contributed by atoms with E-state index < -0.39 is 18.4 Å². The summed E-state index contributed by atoms with van der Waals surface area (Å²) < 4.78 is 36.6. The first-order chi connectivity index (χ1) is 7.89. The van der Waals surface area contributed by atoms with E-state index in [-0.39, 0.29) is 6.42 Å². The van der Waals surface area contributed by atoms with Gasteiger partial charge in [-0.25, -0.2) is 0 Å². The molecule has 0 N–H and O–H groups in total. The molecule has 0 radical (unpaired) electrons. The summed E-state index contributed by atoms with van der Waals surface area (Å²) in [7, 11) is 0. The number of benzene rings is 1. The van der Waals surface area contributed by atoms with Gasteiger partial charge in [-0.1, -0.05) is 22.0 Å². The van der Waals surface area contributed by atoms with Crippen molar-refractivity contribution in [3.05, 3.63) is 28.7 Å². The van der Waals surface area contributed by atoms with Gasteiger partial charge >= 0.3 is 6.18 Å². The number of thioether (sulfide) groups is 1. The molecule has 0 aliphatic heterocycles. The van der Waals surface area contributed by atoms with Gasteiger partial charge in [-0.3, -0.25) is 4.79 Å². The van der Waals surface area contributed by atoms with E-state index in [2.05, 4.69) is 15.9 Å². The molecule has 0 aromatic heterocycles. The normalized spacial score (nSPS) is 11.5. The Balaban J connectivity index is 2.28. The summed E-state index contributed by atoms with van der Waals surface area (Å²) in [5, 5.41) is 0. The van der Waals surface area contributed by atoms with Gasteiger partial charge < -0.3 is 0 Å². The van der Waals surface area contributed by atoms with E-state index in [0.29, 0.717) is 5.75 Å². The van der Waals surface area contributed by atoms with Crippen molar-refractivity contribution < 1.29 is 18.0 Å². The number of hydrogen-bond acceptors (Lipinski definition) is 2. The number of halogens is 4. The maximum absolute atomic E-state index is 11.9. The molecule has 6 heteroatoms. The van der Waals surface area contributed by atoms with Gasteiger partial charge in [0.05, 0.1) is 0 Å². The molecule has 0 saturated carbocycles. The Morgan fingerprint density at radius 2 is 2.06 bits per heavy atom. The smallest absolute Gasteiger partial charge is 0.290 e. The third kappa shape index (κ3) is 5.59. The Kier molecular flexibility index (Phi) is 5.52. The van der Waals surface area contributed by atoms with Crippen molar-refractivity contribution >= 4 is 33.5 Å². The average Bonchev–Trinajstić information content (AvgIpc) is 2.23. The summed E-state index contributed by atoms with van der Waals surface area (Å²) in [5.41, 5.74) is 0. The van der Waals surface area contributed by atoms with Gasteiger partial charge in [-0.2, -0.15) is 13.2 Å². The molecule has 1 nitrogen and oxygen atoms in total. The van der Waals surface area contributed by atoms with Crippen LogP contribution in [0.15, 0.2) is 33.6 Å². The Morgan fingerprint density at radius 3 is 2.65 bits per heavy atom. The van der Waals surface area contributed by atoms with Crippen LogP contribution in [0, 0.1) is 0 Å². The fraction of sp³-hybridized carbons (Fsp3) is 0.364. The van der Waals surface area contributed by atoms with E-state index >= 15 is 0 Å². The molecule has 0 spiro atoms. The molecule has 0 unspecified atom stereocenters. The van der Waals surface area contributed by atoms with E-state index in [1.54, 1.807) is 0 Å². The van der Waals surface area contributed by atoms with Crippen LogP contribution in [0.3, 0.4) is 0 Å². The van der Waals surface area contributed by atoms with E-state index in [4.69, 9.17) is 0 Å².